The van der Waals surface area contributed by atoms with Crippen LogP contribution in [0.3, 0.4) is 0 Å². The van der Waals surface area contributed by atoms with Gasteiger partial charge in [0.25, 0.3) is 0 Å². The fraction of sp³-hybridized carbons (Fsp3) is 0.375. The quantitative estimate of drug-likeness (QED) is 0.343. The van der Waals surface area contributed by atoms with Gasteiger partial charge in [-0.1, -0.05) is 69.0 Å². The predicted molar refractivity (Wildman–Crippen MR) is 160 cm³/mol. The molecule has 8 heteroatoms. The highest BCUT2D eigenvalue weighted by molar-refractivity contribution is 5.98. The molecule has 0 aliphatic carbocycles. The first-order valence-corrected chi connectivity index (χ1v) is 14.4. The Bertz CT molecular complexity index is 1480. The largest absolute Gasteiger partial charge is 0.383 e. The van der Waals surface area contributed by atoms with Crippen LogP contribution in [-0.4, -0.2) is 55.1 Å². The van der Waals surface area contributed by atoms with Gasteiger partial charge in [-0.05, 0) is 55.0 Å². The van der Waals surface area contributed by atoms with Gasteiger partial charge in [-0.2, -0.15) is 5.10 Å². The molecule has 1 saturated heterocycles. The third-order valence-corrected chi connectivity index (χ3v) is 7.81. The van der Waals surface area contributed by atoms with E-state index in [4.69, 9.17) is 10.8 Å². The Morgan fingerprint density at radius 3 is 2.60 bits per heavy atom. The van der Waals surface area contributed by atoms with E-state index < -0.39 is 0 Å². The average molecular weight is 538 g/mol. The molecule has 6 rings (SSSR count). The molecule has 2 aromatic heterocycles. The van der Waals surface area contributed by atoms with E-state index >= 15 is 0 Å². The molecule has 4 heterocycles. The first kappa shape index (κ1) is 27.5. The number of piperidine rings is 1. The summed E-state index contributed by atoms with van der Waals surface area (Å²) < 4.78 is 1.94. The topological polar surface area (TPSA) is 93.2 Å². The maximum Gasteiger partial charge on any atom is 0.246 e. The summed E-state index contributed by atoms with van der Waals surface area (Å²) >= 11 is 0. The Labute approximate surface area is 236 Å². The van der Waals surface area contributed by atoms with Crippen molar-refractivity contribution < 1.29 is 4.79 Å². The van der Waals surface area contributed by atoms with Gasteiger partial charge in [0.05, 0.1) is 11.4 Å². The minimum Gasteiger partial charge on any atom is -0.383 e. The number of aryl methyl sites for hydroxylation is 1. The highest BCUT2D eigenvalue weighted by Gasteiger charge is 2.28. The molecular weight excluding hydrogens is 498 g/mol. The van der Waals surface area contributed by atoms with E-state index in [2.05, 4.69) is 70.0 Å². The van der Waals surface area contributed by atoms with Crippen LogP contribution < -0.4 is 5.73 Å². The highest BCUT2D eigenvalue weighted by Crippen LogP contribution is 2.34. The smallest absolute Gasteiger partial charge is 0.246 e. The number of likely N-dealkylation sites (tertiary alicyclic amines) is 1. The van der Waals surface area contributed by atoms with Crippen LogP contribution >= 0.6 is 0 Å². The maximum absolute atomic E-state index is 12.3. The molecule has 8 nitrogen and oxygen atoms in total. The summed E-state index contributed by atoms with van der Waals surface area (Å²) in [5.74, 6) is 0.363. The number of nitrogens with zero attached hydrogens (tertiary/aromatic N) is 6. The van der Waals surface area contributed by atoms with Gasteiger partial charge in [-0.3, -0.25) is 9.69 Å². The molecule has 2 aliphatic heterocycles. The molecule has 208 valence electrons. The van der Waals surface area contributed by atoms with E-state index in [0.29, 0.717) is 18.0 Å². The lowest BCUT2D eigenvalue weighted by Crippen LogP contribution is -2.40. The number of amides is 1. The third-order valence-electron chi connectivity index (χ3n) is 7.81. The van der Waals surface area contributed by atoms with Crippen LogP contribution in [0.5, 0.6) is 0 Å². The van der Waals surface area contributed by atoms with E-state index in [0.717, 1.165) is 62.1 Å². The maximum atomic E-state index is 12.3. The molecule has 4 aromatic rings. The van der Waals surface area contributed by atoms with Crippen molar-refractivity contribution in [3.8, 4) is 11.3 Å². The lowest BCUT2D eigenvalue weighted by Gasteiger charge is -2.32. The van der Waals surface area contributed by atoms with Crippen molar-refractivity contribution in [2.24, 2.45) is 0 Å². The molecule has 0 bridgehead atoms. The Balaban J connectivity index is 0.00000158. The zero-order chi connectivity index (χ0) is 28.1. The number of benzene rings is 2. The summed E-state index contributed by atoms with van der Waals surface area (Å²) in [6, 6.07) is 17.4. The molecule has 2 aliphatic rings. The molecule has 0 saturated carbocycles. The molecule has 1 atom stereocenters. The SMILES string of the molecule is C=CC(=O)N1CCCC(n2nc(-c3ccc(CN4CCCc5ccccc5C4)cc3)c3c(N)ncnc32)C1.CC. The number of carbonyl (C=O) groups is 1. The minimum atomic E-state index is -0.0518. The second-order valence-corrected chi connectivity index (χ2v) is 10.3. The van der Waals surface area contributed by atoms with Gasteiger partial charge in [0.15, 0.2) is 5.65 Å². The van der Waals surface area contributed by atoms with Crippen LogP contribution in [0.4, 0.5) is 5.82 Å². The van der Waals surface area contributed by atoms with Gasteiger partial charge < -0.3 is 10.6 Å². The van der Waals surface area contributed by atoms with Crippen LogP contribution in [0.1, 0.15) is 55.8 Å². The van der Waals surface area contributed by atoms with E-state index in [-0.39, 0.29) is 11.9 Å². The van der Waals surface area contributed by atoms with E-state index in [1.165, 1.54) is 35.5 Å². The Kier molecular flexibility index (Phi) is 8.55. The van der Waals surface area contributed by atoms with Gasteiger partial charge in [0, 0.05) is 31.7 Å². The third kappa shape index (κ3) is 5.63. The van der Waals surface area contributed by atoms with Crippen LogP contribution in [-0.2, 0) is 24.3 Å². The molecule has 2 aromatic carbocycles. The van der Waals surface area contributed by atoms with E-state index in [1.807, 2.05) is 23.4 Å². The lowest BCUT2D eigenvalue weighted by atomic mass is 10.0. The van der Waals surface area contributed by atoms with Crippen LogP contribution in [0.25, 0.3) is 22.3 Å². The molecule has 1 unspecified atom stereocenters. The highest BCUT2D eigenvalue weighted by atomic mass is 16.2. The van der Waals surface area contributed by atoms with Crippen molar-refractivity contribution >= 4 is 22.8 Å². The summed E-state index contributed by atoms with van der Waals surface area (Å²) in [6.07, 6.45) is 6.99. The minimum absolute atomic E-state index is 0.0170. The standard InChI is InChI=1S/C30H33N7O.C2H6/c1-2-26(38)36-16-6-10-25(19-36)37-30-27(29(31)32-20-33-30)28(34-37)23-13-11-21(12-14-23)17-35-15-5-9-22-7-3-4-8-24(22)18-35;1-2/h2-4,7-8,11-14,20,25H,1,5-6,9-10,15-19H2,(H2,31,32,33);1-2H3. The van der Waals surface area contributed by atoms with Crippen molar-refractivity contribution in [3.63, 3.8) is 0 Å². The normalized spacial score (nSPS) is 17.4. The number of rotatable bonds is 5. The average Bonchev–Trinajstić information content (AvgIpc) is 3.28. The number of nitrogen functional groups attached to an aromatic ring is 1. The number of aromatic nitrogens is 4. The summed E-state index contributed by atoms with van der Waals surface area (Å²) in [5.41, 5.74) is 13.0. The molecule has 1 amide bonds. The molecule has 0 spiro atoms. The van der Waals surface area contributed by atoms with Gasteiger partial charge in [0.2, 0.25) is 5.91 Å². The zero-order valence-corrected chi connectivity index (χ0v) is 23.6. The van der Waals surface area contributed by atoms with Gasteiger partial charge in [0.1, 0.15) is 17.8 Å². The summed E-state index contributed by atoms with van der Waals surface area (Å²) in [4.78, 5) is 25.4. The first-order valence-electron chi connectivity index (χ1n) is 14.4. The molecule has 40 heavy (non-hydrogen) atoms. The van der Waals surface area contributed by atoms with E-state index in [1.54, 1.807) is 0 Å². The number of fused-ring (bicyclic) bond motifs is 2. The first-order chi connectivity index (χ1) is 19.6. The van der Waals surface area contributed by atoms with Gasteiger partial charge in [-0.25, -0.2) is 14.6 Å². The predicted octanol–water partition coefficient (Wildman–Crippen LogP) is 5.40. The Morgan fingerprint density at radius 1 is 1.05 bits per heavy atom. The van der Waals surface area contributed by atoms with Crippen LogP contribution in [0.15, 0.2) is 67.5 Å². The fourth-order valence-corrected chi connectivity index (χ4v) is 5.87. The second kappa shape index (κ2) is 12.4. The van der Waals surface area contributed by atoms with Crippen molar-refractivity contribution in [2.75, 3.05) is 25.4 Å². The number of carbonyl (C=O) groups excluding carboxylic acids is 1. The second-order valence-electron chi connectivity index (χ2n) is 10.3. The van der Waals surface area contributed by atoms with Gasteiger partial charge >= 0.3 is 0 Å². The number of hydrogen-bond acceptors (Lipinski definition) is 6. The molecule has 2 N–H and O–H groups in total. The zero-order valence-electron chi connectivity index (χ0n) is 23.6. The molecule has 0 radical (unpaired) electrons. The van der Waals surface area contributed by atoms with Crippen LogP contribution in [0, 0.1) is 0 Å². The fourth-order valence-electron chi connectivity index (χ4n) is 5.87. The van der Waals surface area contributed by atoms with Crippen molar-refractivity contribution in [1.29, 1.82) is 0 Å². The van der Waals surface area contributed by atoms with Gasteiger partial charge in [-0.15, -0.1) is 0 Å². The number of hydrogen-bond donors (Lipinski definition) is 1. The van der Waals surface area contributed by atoms with Crippen molar-refractivity contribution in [1.82, 2.24) is 29.5 Å². The monoisotopic (exact) mass is 537 g/mol. The summed E-state index contributed by atoms with van der Waals surface area (Å²) in [5, 5.41) is 5.77. The Hall–Kier alpha value is -4.04. The lowest BCUT2D eigenvalue weighted by molar-refractivity contribution is -0.127. The van der Waals surface area contributed by atoms with Crippen LogP contribution in [0.2, 0.25) is 0 Å². The molecular formula is C32H39N7O. The van der Waals surface area contributed by atoms with E-state index in [9.17, 15) is 4.79 Å². The van der Waals surface area contributed by atoms with Crippen molar-refractivity contribution in [2.45, 2.75) is 58.7 Å². The summed E-state index contributed by atoms with van der Waals surface area (Å²) in [6.45, 7) is 11.9. The Morgan fingerprint density at radius 2 is 1.82 bits per heavy atom. The molecule has 1 fully saturated rings. The number of anilines is 1. The summed E-state index contributed by atoms with van der Waals surface area (Å²) in [7, 11) is 0. The number of nitrogens with two attached hydrogens (primary N) is 1. The van der Waals surface area contributed by atoms with Crippen molar-refractivity contribution in [3.05, 3.63) is 84.2 Å².